The van der Waals surface area contributed by atoms with E-state index in [-0.39, 0.29) is 64.6 Å². The molecule has 0 spiro atoms. The highest BCUT2D eigenvalue weighted by Gasteiger charge is 2.47. The number of hydrogen-bond donors (Lipinski definition) is 9. The number of alkyl halides is 2. The van der Waals surface area contributed by atoms with Crippen LogP contribution in [0.4, 0.5) is 31.5 Å². The summed E-state index contributed by atoms with van der Waals surface area (Å²) in [7, 11) is 1.74. The normalized spacial score (nSPS) is 19.6. The van der Waals surface area contributed by atoms with Crippen LogP contribution in [0.1, 0.15) is 61.7 Å². The molecular formula is C51H66F2N16O10. The summed E-state index contributed by atoms with van der Waals surface area (Å²) in [6, 6.07) is 2.36. The molecule has 424 valence electrons. The number of aryl methyl sites for hydroxylation is 1. The fraction of sp³-hybridized carbons (Fsp3) is 0.529. The van der Waals surface area contributed by atoms with Crippen molar-refractivity contribution in [3.8, 4) is 0 Å². The predicted molar refractivity (Wildman–Crippen MR) is 279 cm³/mol. The molecule has 26 nitrogen and oxygen atoms in total. The van der Waals surface area contributed by atoms with E-state index >= 15 is 0 Å². The third kappa shape index (κ3) is 13.2. The average Bonchev–Trinajstić information content (AvgIpc) is 4.35. The smallest absolute Gasteiger partial charge is 0.252 e. The Hall–Kier alpha value is -8.14. The summed E-state index contributed by atoms with van der Waals surface area (Å²) in [5.74, 6) is -5.78. The number of rotatable bonds is 26. The molecule has 0 fully saturated rings. The Morgan fingerprint density at radius 1 is 0.747 bits per heavy atom. The molecule has 4 aliphatic heterocycles. The number of likely N-dealkylation sites (N-methyl/N-ethyl adjacent to an activating group) is 1. The standard InChI is InChI=1S/C51H66F2N16O10/c1-5-27(2)42(61-40(70)25-78-13-11-52)48(74)60-36-24-67(4)37-16-29(15-31-18-39(69(45(31)37)51(36)77)47(73)56-20-33-22-58-66-64-33)10-9-28(3)43(62-41(71)26-79-14-12-53)49(75)59-35-23-54-34-8-6-7-30-17-38(68(44(30)34)50(35)76)46(72)55-19-32-21-57-65-63-32/h6-8,15-16,21-22,27-28,35-36,38-39,42-43,54H,5,9-14,17-20,23-26H2,1-4H3,(H,55,72)(H,56,73)(H,59,75)(H,60,74)(H,61,70)(H,62,71)(H,57,63,65)(H,58,64,66)/t27-,28-,35-,36-,38-,39-,42-,43-/m0/s1. The Labute approximate surface area is 453 Å². The number of nitrogens with one attached hydrogen (secondary N) is 9. The molecule has 8 amide bonds. The van der Waals surface area contributed by atoms with Crippen LogP contribution in [0.2, 0.25) is 0 Å². The van der Waals surface area contributed by atoms with Crippen molar-refractivity contribution in [3.63, 3.8) is 0 Å². The molecule has 2 aromatic carbocycles. The quantitative estimate of drug-likeness (QED) is 0.0347. The van der Waals surface area contributed by atoms with Crippen molar-refractivity contribution in [1.29, 1.82) is 0 Å². The number of carbonyl (C=O) groups excluding carboxylic acids is 8. The minimum atomic E-state index is -1.25. The minimum absolute atomic E-state index is 0.000252. The molecule has 8 atom stereocenters. The fourth-order valence-electron chi connectivity index (χ4n) is 10.3. The second-order valence-electron chi connectivity index (χ2n) is 20.0. The lowest BCUT2D eigenvalue weighted by molar-refractivity contribution is -0.134. The molecule has 4 aromatic rings. The lowest BCUT2D eigenvalue weighted by atomic mass is 9.92. The first kappa shape index (κ1) is 57.0. The summed E-state index contributed by atoms with van der Waals surface area (Å²) in [6.45, 7) is 2.01. The van der Waals surface area contributed by atoms with Gasteiger partial charge in [0.2, 0.25) is 35.4 Å². The van der Waals surface area contributed by atoms with Gasteiger partial charge in [0, 0.05) is 33.0 Å². The largest absolute Gasteiger partial charge is 0.381 e. The van der Waals surface area contributed by atoms with Crippen LogP contribution in [0.5, 0.6) is 0 Å². The Bertz CT molecular complexity index is 2860. The number of aromatic nitrogens is 6. The van der Waals surface area contributed by atoms with Crippen molar-refractivity contribution in [2.75, 3.05) is 79.9 Å². The van der Waals surface area contributed by atoms with Crippen molar-refractivity contribution in [1.82, 2.24) is 62.7 Å². The zero-order valence-electron chi connectivity index (χ0n) is 44.2. The fourth-order valence-corrected chi connectivity index (χ4v) is 10.3. The first-order valence-corrected chi connectivity index (χ1v) is 26.2. The number of amides is 8. The van der Waals surface area contributed by atoms with E-state index in [0.29, 0.717) is 52.5 Å². The number of halogens is 2. The Balaban J connectivity index is 1.02. The minimum Gasteiger partial charge on any atom is -0.381 e. The molecule has 6 heterocycles. The number of anilines is 4. The van der Waals surface area contributed by atoms with Crippen molar-refractivity contribution in [2.45, 2.75) is 102 Å². The van der Waals surface area contributed by atoms with E-state index in [2.05, 4.69) is 68.0 Å². The topological polar surface area (TPSA) is 332 Å². The highest BCUT2D eigenvalue weighted by atomic mass is 19.1. The number of benzene rings is 2. The van der Waals surface area contributed by atoms with E-state index in [1.165, 1.54) is 22.2 Å². The van der Waals surface area contributed by atoms with Gasteiger partial charge in [0.15, 0.2) is 0 Å². The Morgan fingerprint density at radius 3 is 1.87 bits per heavy atom. The molecule has 28 heteroatoms. The van der Waals surface area contributed by atoms with Crippen molar-refractivity contribution < 1.29 is 56.6 Å². The van der Waals surface area contributed by atoms with Gasteiger partial charge in [0.05, 0.1) is 61.4 Å². The van der Waals surface area contributed by atoms with E-state index < -0.39 is 116 Å². The molecule has 79 heavy (non-hydrogen) atoms. The molecule has 0 saturated carbocycles. The first-order valence-electron chi connectivity index (χ1n) is 26.2. The zero-order valence-corrected chi connectivity index (χ0v) is 44.2. The monoisotopic (exact) mass is 1100 g/mol. The molecule has 0 saturated heterocycles. The first-order chi connectivity index (χ1) is 38.1. The SMILES string of the molecule is CC[C@H](C)[C@H](NC(=O)COCCF)C(=O)N[C@H]1CN(C)c2cc(CC[C@H](C)[C@H](NC(=O)COCCF)C(=O)N[C@H]3CNc4cccc5c4N(C3=O)[C@H](C(=O)NCc3cn[nH]n3)C5)cc3c2N(C1=O)[C@H](C(=O)NCc1cn[nH]n1)C3. The summed E-state index contributed by atoms with van der Waals surface area (Å²) in [4.78, 5) is 117. The number of para-hydroxylation sites is 1. The number of H-pyrrole nitrogens is 2. The summed E-state index contributed by atoms with van der Waals surface area (Å²) in [6.07, 6.45) is 4.25. The number of aromatic amines is 2. The van der Waals surface area contributed by atoms with Gasteiger partial charge in [-0.1, -0.05) is 45.4 Å². The maximum atomic E-state index is 14.8. The lowest BCUT2D eigenvalue weighted by Crippen LogP contribution is -2.60. The summed E-state index contributed by atoms with van der Waals surface area (Å²) >= 11 is 0. The van der Waals surface area contributed by atoms with Crippen LogP contribution < -0.4 is 51.9 Å². The van der Waals surface area contributed by atoms with Gasteiger partial charge in [-0.25, -0.2) is 8.78 Å². The Morgan fingerprint density at radius 2 is 1.30 bits per heavy atom. The molecule has 0 bridgehead atoms. The van der Waals surface area contributed by atoms with Crippen LogP contribution in [-0.2, 0) is 80.2 Å². The van der Waals surface area contributed by atoms with Crippen LogP contribution in [0.25, 0.3) is 0 Å². The van der Waals surface area contributed by atoms with Gasteiger partial charge in [-0.2, -0.15) is 30.8 Å². The van der Waals surface area contributed by atoms with Crippen LogP contribution in [0.15, 0.2) is 42.7 Å². The summed E-state index contributed by atoms with van der Waals surface area (Å²) in [5.41, 5.74) is 5.21. The summed E-state index contributed by atoms with van der Waals surface area (Å²) < 4.78 is 35.9. The molecule has 4 aliphatic rings. The van der Waals surface area contributed by atoms with Crippen LogP contribution >= 0.6 is 0 Å². The second-order valence-corrected chi connectivity index (χ2v) is 20.0. The van der Waals surface area contributed by atoms with E-state index in [4.69, 9.17) is 9.47 Å². The summed E-state index contributed by atoms with van der Waals surface area (Å²) in [5, 5.41) is 40.6. The number of ether oxygens (including phenoxy) is 2. The van der Waals surface area contributed by atoms with E-state index in [1.807, 2.05) is 31.2 Å². The van der Waals surface area contributed by atoms with Gasteiger partial charge < -0.3 is 51.6 Å². The third-order valence-corrected chi connectivity index (χ3v) is 14.5. The number of nitrogens with zero attached hydrogens (tertiary/aromatic N) is 7. The third-order valence-electron chi connectivity index (χ3n) is 14.5. The van der Waals surface area contributed by atoms with Crippen LogP contribution in [0.3, 0.4) is 0 Å². The van der Waals surface area contributed by atoms with Gasteiger partial charge >= 0.3 is 0 Å². The molecule has 0 aliphatic carbocycles. The lowest BCUT2D eigenvalue weighted by Gasteiger charge is -2.29. The number of hydrogen-bond acceptors (Lipinski definition) is 16. The van der Waals surface area contributed by atoms with Gasteiger partial charge in [0.1, 0.15) is 74.2 Å². The van der Waals surface area contributed by atoms with Crippen molar-refractivity contribution in [2.24, 2.45) is 11.8 Å². The van der Waals surface area contributed by atoms with Crippen molar-refractivity contribution in [3.05, 3.63) is 70.8 Å². The van der Waals surface area contributed by atoms with Crippen LogP contribution in [-0.4, -0.2) is 174 Å². The zero-order chi connectivity index (χ0) is 56.3. The Kier molecular flexibility index (Phi) is 18.8. The molecule has 9 N–H and O–H groups in total. The predicted octanol–water partition coefficient (Wildman–Crippen LogP) is -0.827. The maximum absolute atomic E-state index is 14.8. The molecule has 8 rings (SSSR count). The molecular weight excluding hydrogens is 1030 g/mol. The number of carbonyl (C=O) groups is 8. The van der Waals surface area contributed by atoms with E-state index in [1.54, 1.807) is 31.9 Å². The maximum Gasteiger partial charge on any atom is 0.252 e. The average molecular weight is 1100 g/mol. The van der Waals surface area contributed by atoms with Crippen molar-refractivity contribution >= 4 is 70.0 Å². The van der Waals surface area contributed by atoms with E-state index in [9.17, 15) is 47.1 Å². The molecule has 0 unspecified atom stereocenters. The van der Waals surface area contributed by atoms with Gasteiger partial charge in [-0.05, 0) is 53.5 Å². The highest BCUT2D eigenvalue weighted by molar-refractivity contribution is 6.12. The highest BCUT2D eigenvalue weighted by Crippen LogP contribution is 2.44. The van der Waals surface area contributed by atoms with Gasteiger partial charge in [-0.15, -0.1) is 0 Å². The van der Waals surface area contributed by atoms with E-state index in [0.717, 1.165) is 11.1 Å². The second kappa shape index (κ2) is 26.0. The van der Waals surface area contributed by atoms with Gasteiger partial charge in [0.25, 0.3) is 11.8 Å². The molecule has 0 radical (unpaired) electrons. The van der Waals surface area contributed by atoms with Gasteiger partial charge in [-0.3, -0.25) is 48.2 Å². The molecule has 2 aromatic heterocycles. The van der Waals surface area contributed by atoms with Crippen LogP contribution in [0, 0.1) is 11.8 Å².